The third-order valence-corrected chi connectivity index (χ3v) is 6.98. The number of rotatable bonds is 4. The molecule has 1 N–H and O–H groups in total. The Morgan fingerprint density at radius 2 is 1.91 bits per heavy atom. The first-order chi connectivity index (χ1) is 15.7. The number of fused-ring (bicyclic) bond motifs is 2. The minimum atomic E-state index is -0.833. The van der Waals surface area contributed by atoms with Gasteiger partial charge in [0.2, 0.25) is 0 Å². The van der Waals surface area contributed by atoms with Crippen LogP contribution in [0.4, 0.5) is 8.78 Å². The lowest BCUT2D eigenvalue weighted by molar-refractivity contribution is -0.165. The van der Waals surface area contributed by atoms with E-state index in [1.807, 2.05) is 20.8 Å². The van der Waals surface area contributed by atoms with Gasteiger partial charge in [-0.1, -0.05) is 11.3 Å². The number of hydrogen-bond acceptors (Lipinski definition) is 7. The monoisotopic (exact) mass is 457 g/mol. The molecule has 1 aromatic carbocycles. The zero-order valence-corrected chi connectivity index (χ0v) is 18.6. The van der Waals surface area contributed by atoms with Crippen LogP contribution < -0.4 is 0 Å². The van der Waals surface area contributed by atoms with Crippen LogP contribution in [0.25, 0.3) is 11.2 Å². The molecule has 2 aliphatic carbocycles. The van der Waals surface area contributed by atoms with Crippen molar-refractivity contribution in [2.45, 2.75) is 76.1 Å². The Hall–Kier alpha value is -2.56. The highest BCUT2D eigenvalue weighted by molar-refractivity contribution is 5.72. The number of aliphatic hydroxyl groups excluding tert-OH is 1. The Balaban J connectivity index is 1.28. The summed E-state index contributed by atoms with van der Waals surface area (Å²) in [6.07, 6.45) is 0.529. The van der Waals surface area contributed by atoms with Crippen LogP contribution in [0.1, 0.15) is 55.7 Å². The number of halogens is 2. The molecule has 33 heavy (non-hydrogen) atoms. The third kappa shape index (κ3) is 3.51. The van der Waals surface area contributed by atoms with E-state index in [4.69, 9.17) is 9.47 Å². The molecule has 6 rings (SSSR count). The Labute approximate surface area is 188 Å². The number of aromatic nitrogens is 5. The predicted molar refractivity (Wildman–Crippen MR) is 112 cm³/mol. The predicted octanol–water partition coefficient (Wildman–Crippen LogP) is 2.98. The fourth-order valence-electron chi connectivity index (χ4n) is 5.41. The summed E-state index contributed by atoms with van der Waals surface area (Å²) in [5.41, 5.74) is 2.82. The number of benzene rings is 1. The molecule has 0 unspecified atom stereocenters. The number of aliphatic hydroxyl groups is 1. The first kappa shape index (κ1) is 21.0. The average molecular weight is 457 g/mol. The molecular weight excluding hydrogens is 432 g/mol. The first-order valence-corrected chi connectivity index (χ1v) is 11.3. The fraction of sp³-hybridized carbons (Fsp3) is 0.565. The summed E-state index contributed by atoms with van der Waals surface area (Å²) in [4.78, 5) is 9.22. The molecule has 2 aromatic heterocycles. The Morgan fingerprint density at radius 3 is 2.70 bits per heavy atom. The van der Waals surface area contributed by atoms with E-state index in [1.54, 1.807) is 10.7 Å². The molecular formula is C23H25F2N5O3. The van der Waals surface area contributed by atoms with E-state index < -0.39 is 29.6 Å². The molecule has 0 radical (unpaired) electrons. The van der Waals surface area contributed by atoms with E-state index in [0.717, 1.165) is 17.7 Å². The van der Waals surface area contributed by atoms with Gasteiger partial charge in [0, 0.05) is 6.42 Å². The number of aryl methyl sites for hydroxylation is 1. The van der Waals surface area contributed by atoms with Gasteiger partial charge in [0.1, 0.15) is 18.0 Å². The van der Waals surface area contributed by atoms with Gasteiger partial charge in [-0.15, -0.1) is 5.10 Å². The summed E-state index contributed by atoms with van der Waals surface area (Å²) in [5, 5.41) is 19.3. The molecule has 10 heteroatoms. The second kappa shape index (κ2) is 7.22. The van der Waals surface area contributed by atoms with Gasteiger partial charge < -0.3 is 14.6 Å². The summed E-state index contributed by atoms with van der Waals surface area (Å²) in [5.74, 6) is -1.40. The van der Waals surface area contributed by atoms with Crippen molar-refractivity contribution < 1.29 is 23.4 Å². The molecule has 174 valence electrons. The fourth-order valence-corrected chi connectivity index (χ4v) is 5.41. The molecule has 0 bridgehead atoms. The molecule has 0 amide bonds. The lowest BCUT2D eigenvalue weighted by Crippen LogP contribution is -2.29. The maximum Gasteiger partial charge on any atom is 0.182 e. The lowest BCUT2D eigenvalue weighted by Gasteiger charge is -2.22. The van der Waals surface area contributed by atoms with Crippen LogP contribution in [-0.2, 0) is 15.9 Å². The highest BCUT2D eigenvalue weighted by Crippen LogP contribution is 2.50. The highest BCUT2D eigenvalue weighted by Gasteiger charge is 2.55. The van der Waals surface area contributed by atoms with E-state index in [2.05, 4.69) is 20.3 Å². The SMILES string of the molecule is Cc1nc(C[C@@H]2C[C@H]2c2ccc(F)c(F)c2)c2nnn([C@@H]3C[C@H](O)[C@H]4OC(C)(C)O[C@H]43)c2n1. The molecule has 8 nitrogen and oxygen atoms in total. The van der Waals surface area contributed by atoms with Crippen LogP contribution >= 0.6 is 0 Å². The van der Waals surface area contributed by atoms with Crippen LogP contribution in [0.15, 0.2) is 18.2 Å². The number of hydrogen-bond donors (Lipinski definition) is 1. The first-order valence-electron chi connectivity index (χ1n) is 11.3. The Bertz CT molecular complexity index is 1250. The largest absolute Gasteiger partial charge is 0.390 e. The second-order valence-corrected chi connectivity index (χ2v) is 9.84. The molecule has 3 heterocycles. The Morgan fingerprint density at radius 1 is 1.12 bits per heavy atom. The molecule has 3 aromatic rings. The van der Waals surface area contributed by atoms with Crippen LogP contribution in [0, 0.1) is 24.5 Å². The molecule has 3 aliphatic rings. The topological polar surface area (TPSA) is 95.2 Å². The smallest absolute Gasteiger partial charge is 0.182 e. The molecule has 1 aliphatic heterocycles. The zero-order valence-electron chi connectivity index (χ0n) is 18.6. The maximum absolute atomic E-state index is 13.6. The molecule has 6 atom stereocenters. The van der Waals surface area contributed by atoms with Gasteiger partial charge in [-0.3, -0.25) is 0 Å². The van der Waals surface area contributed by atoms with Gasteiger partial charge in [0.05, 0.1) is 17.8 Å². The standard InChI is InChI=1S/C23H25F2N5O3/c1-10-26-16(8-12-6-13(12)11-4-5-14(24)15(25)7-11)19-22(27-10)30(29-28-19)17-9-18(31)21-20(17)32-23(2,3)33-21/h4-5,7,12-13,17-18,20-21,31H,6,8-9H2,1-3H3/t12-,13-,17+,18-,20-,21+/m0/s1. The highest BCUT2D eigenvalue weighted by atomic mass is 19.2. The zero-order chi connectivity index (χ0) is 23.1. The quantitative estimate of drug-likeness (QED) is 0.644. The van der Waals surface area contributed by atoms with Crippen LogP contribution in [0.3, 0.4) is 0 Å². The minimum absolute atomic E-state index is 0.164. The van der Waals surface area contributed by atoms with Gasteiger partial charge in [-0.2, -0.15) is 0 Å². The minimum Gasteiger partial charge on any atom is -0.390 e. The van der Waals surface area contributed by atoms with Crippen molar-refractivity contribution in [3.63, 3.8) is 0 Å². The summed E-state index contributed by atoms with van der Waals surface area (Å²) in [6, 6.07) is 3.85. The summed E-state index contributed by atoms with van der Waals surface area (Å²) in [6.45, 7) is 5.49. The van der Waals surface area contributed by atoms with E-state index in [-0.39, 0.29) is 24.0 Å². The van der Waals surface area contributed by atoms with Crippen LogP contribution in [0.2, 0.25) is 0 Å². The second-order valence-electron chi connectivity index (χ2n) is 9.84. The van der Waals surface area contributed by atoms with Crippen molar-refractivity contribution >= 4 is 11.2 Å². The number of nitrogens with zero attached hydrogens (tertiary/aromatic N) is 5. The van der Waals surface area contributed by atoms with E-state index in [0.29, 0.717) is 29.8 Å². The molecule has 3 fully saturated rings. The van der Waals surface area contributed by atoms with Crippen LogP contribution in [0.5, 0.6) is 0 Å². The van der Waals surface area contributed by atoms with Crippen molar-refractivity contribution in [1.82, 2.24) is 25.0 Å². The summed E-state index contributed by atoms with van der Waals surface area (Å²) < 4.78 is 40.6. The van der Waals surface area contributed by atoms with Gasteiger partial charge in [-0.25, -0.2) is 23.4 Å². The normalized spacial score (nSPS) is 32.4. The molecule has 1 saturated heterocycles. The molecule has 0 spiro atoms. The van der Waals surface area contributed by atoms with Crippen molar-refractivity contribution in [2.24, 2.45) is 5.92 Å². The average Bonchev–Trinajstić information content (AvgIpc) is 3.10. The van der Waals surface area contributed by atoms with Crippen molar-refractivity contribution in [2.75, 3.05) is 0 Å². The van der Waals surface area contributed by atoms with Crippen molar-refractivity contribution in [3.05, 3.63) is 46.9 Å². The third-order valence-electron chi connectivity index (χ3n) is 6.98. The van der Waals surface area contributed by atoms with Crippen molar-refractivity contribution in [3.8, 4) is 0 Å². The number of ether oxygens (including phenoxy) is 2. The van der Waals surface area contributed by atoms with Crippen LogP contribution in [-0.4, -0.2) is 54.2 Å². The summed E-state index contributed by atoms with van der Waals surface area (Å²) in [7, 11) is 0. The van der Waals surface area contributed by atoms with Crippen molar-refractivity contribution in [1.29, 1.82) is 0 Å². The van der Waals surface area contributed by atoms with Gasteiger partial charge >= 0.3 is 0 Å². The Kier molecular flexibility index (Phi) is 4.59. The van der Waals surface area contributed by atoms with Gasteiger partial charge in [-0.05, 0) is 63.1 Å². The summed E-state index contributed by atoms with van der Waals surface area (Å²) >= 11 is 0. The van der Waals surface area contributed by atoms with Gasteiger partial charge in [0.15, 0.2) is 28.6 Å². The van der Waals surface area contributed by atoms with E-state index >= 15 is 0 Å². The van der Waals surface area contributed by atoms with E-state index in [9.17, 15) is 13.9 Å². The molecule has 2 saturated carbocycles. The lowest BCUT2D eigenvalue weighted by atomic mass is 10.1. The van der Waals surface area contributed by atoms with E-state index in [1.165, 1.54) is 12.1 Å². The van der Waals surface area contributed by atoms with Gasteiger partial charge in [0.25, 0.3) is 0 Å². The maximum atomic E-state index is 13.6.